The maximum absolute atomic E-state index is 14.2. The van der Waals surface area contributed by atoms with Crippen LogP contribution >= 0.6 is 23.1 Å². The number of ether oxygens (including phenoxy) is 3. The number of carbonyl (C=O) groups is 2. The zero-order chi connectivity index (χ0) is 33.8. The second-order valence-corrected chi connectivity index (χ2v) is 13.0. The number of para-hydroxylation sites is 1. The Morgan fingerprint density at radius 3 is 2.60 bits per heavy atom. The Labute approximate surface area is 284 Å². The van der Waals surface area contributed by atoms with Crippen LogP contribution in [0.4, 0.5) is 9.52 Å². The van der Waals surface area contributed by atoms with E-state index in [1.807, 2.05) is 0 Å². The maximum atomic E-state index is 14.2. The van der Waals surface area contributed by atoms with Gasteiger partial charge in [-0.25, -0.2) is 4.39 Å². The van der Waals surface area contributed by atoms with Crippen molar-refractivity contribution in [2.75, 3.05) is 25.7 Å². The Balaban J connectivity index is 1.38. The number of hydrogen-bond acceptors (Lipinski definition) is 11. The number of unbranched alkanes of at least 4 members (excludes halogenated alkanes) is 2. The largest absolute Gasteiger partial charge is 0.503 e. The molecule has 1 N–H and O–H groups in total. The van der Waals surface area contributed by atoms with E-state index < -0.39 is 23.5 Å². The number of thioether (sulfide) groups is 1. The predicted molar refractivity (Wildman–Crippen MR) is 181 cm³/mol. The minimum Gasteiger partial charge on any atom is -0.503 e. The highest BCUT2D eigenvalue weighted by Crippen LogP contribution is 2.46. The molecule has 1 aliphatic heterocycles. The lowest BCUT2D eigenvalue weighted by Crippen LogP contribution is -2.31. The molecule has 0 saturated carbocycles. The van der Waals surface area contributed by atoms with Gasteiger partial charge in [-0.15, -0.1) is 10.2 Å². The Kier molecular flexibility index (Phi) is 9.97. The highest BCUT2D eigenvalue weighted by Gasteiger charge is 2.47. The lowest BCUT2D eigenvalue weighted by molar-refractivity contribution is -0.117. The number of methoxy groups -OCH3 is 2. The lowest BCUT2D eigenvalue weighted by atomic mass is 9.95. The number of fused-ring (bicyclic) bond motifs is 1. The quantitative estimate of drug-likeness (QED) is 0.0530. The molecule has 0 saturated heterocycles. The Morgan fingerprint density at radius 1 is 1.02 bits per heavy atom. The number of benzene rings is 3. The van der Waals surface area contributed by atoms with E-state index in [2.05, 4.69) is 17.1 Å². The topological polar surface area (TPSA) is 124 Å². The van der Waals surface area contributed by atoms with Gasteiger partial charge in [0.2, 0.25) is 10.9 Å². The fraction of sp³-hybridized carbons (Fsp3) is 0.257. The number of amides is 1. The predicted octanol–water partition coefficient (Wildman–Crippen LogP) is 8.08. The molecule has 3 aromatic carbocycles. The van der Waals surface area contributed by atoms with E-state index in [0.717, 1.165) is 30.6 Å². The number of furan rings is 1. The van der Waals surface area contributed by atoms with E-state index in [9.17, 15) is 19.1 Å². The molecule has 5 aromatic rings. The van der Waals surface area contributed by atoms with Crippen molar-refractivity contribution in [3.8, 4) is 17.2 Å². The molecule has 13 heteroatoms. The van der Waals surface area contributed by atoms with Crippen molar-refractivity contribution in [3.05, 3.63) is 101 Å². The molecular weight excluding hydrogens is 658 g/mol. The molecule has 0 aliphatic carbocycles. The first-order chi connectivity index (χ1) is 23.3. The second kappa shape index (κ2) is 14.5. The number of aromatic nitrogens is 2. The van der Waals surface area contributed by atoms with Crippen molar-refractivity contribution in [2.24, 2.45) is 0 Å². The Morgan fingerprint density at radius 2 is 1.83 bits per heavy atom. The SMILES string of the molecule is CCCCCOc1ccc(C2C(C(=O)c3cc4cccc(OC)c4o3)=C(O)C(=O)N2c2nnc(SCc3ccccc3F)s2)cc1OC. The number of Topliss-reactive ketones (excluding diaryl/α,β-unsaturated/α-hetero) is 1. The van der Waals surface area contributed by atoms with Crippen molar-refractivity contribution in [3.63, 3.8) is 0 Å². The summed E-state index contributed by atoms with van der Waals surface area (Å²) in [5.74, 6) is -1.08. The van der Waals surface area contributed by atoms with Gasteiger partial charge in [-0.05, 0) is 47.9 Å². The van der Waals surface area contributed by atoms with Crippen LogP contribution in [0, 0.1) is 5.82 Å². The molecule has 1 atom stereocenters. The molecule has 1 amide bonds. The minimum absolute atomic E-state index is 0.0862. The number of ketones is 1. The van der Waals surface area contributed by atoms with E-state index in [1.165, 1.54) is 36.9 Å². The van der Waals surface area contributed by atoms with Crippen LogP contribution < -0.4 is 19.1 Å². The Bertz CT molecular complexity index is 2010. The minimum atomic E-state index is -1.12. The van der Waals surface area contributed by atoms with Crippen LogP contribution in [0.2, 0.25) is 0 Å². The van der Waals surface area contributed by atoms with Gasteiger partial charge in [0, 0.05) is 11.1 Å². The molecule has 0 radical (unpaired) electrons. The first kappa shape index (κ1) is 33.0. The van der Waals surface area contributed by atoms with Crippen LogP contribution in [0.5, 0.6) is 17.2 Å². The normalized spacial score (nSPS) is 14.6. The summed E-state index contributed by atoms with van der Waals surface area (Å²) < 4.78 is 37.7. The summed E-state index contributed by atoms with van der Waals surface area (Å²) in [4.78, 5) is 29.2. The van der Waals surface area contributed by atoms with E-state index in [0.29, 0.717) is 56.0 Å². The third-order valence-electron chi connectivity index (χ3n) is 7.82. The summed E-state index contributed by atoms with van der Waals surface area (Å²) in [6.07, 6.45) is 2.94. The number of carbonyl (C=O) groups excluding carboxylic acids is 2. The van der Waals surface area contributed by atoms with Crippen LogP contribution in [-0.2, 0) is 10.5 Å². The van der Waals surface area contributed by atoms with E-state index >= 15 is 0 Å². The average Bonchev–Trinajstić information content (AvgIpc) is 3.82. The summed E-state index contributed by atoms with van der Waals surface area (Å²) in [5, 5.41) is 20.5. The van der Waals surface area contributed by atoms with Crippen molar-refractivity contribution in [1.29, 1.82) is 0 Å². The van der Waals surface area contributed by atoms with Gasteiger partial charge in [0.05, 0.1) is 32.4 Å². The van der Waals surface area contributed by atoms with Crippen molar-refractivity contribution >= 4 is 50.9 Å². The summed E-state index contributed by atoms with van der Waals surface area (Å²) in [5.41, 5.74) is 1.10. The number of hydrogen-bond donors (Lipinski definition) is 1. The molecule has 3 heterocycles. The molecule has 1 unspecified atom stereocenters. The Hall–Kier alpha value is -4.88. The fourth-order valence-electron chi connectivity index (χ4n) is 5.41. The van der Waals surface area contributed by atoms with Gasteiger partial charge in [0.25, 0.3) is 5.91 Å². The van der Waals surface area contributed by atoms with Crippen LogP contribution in [0.3, 0.4) is 0 Å². The number of aliphatic hydroxyl groups excluding tert-OH is 1. The highest BCUT2D eigenvalue weighted by molar-refractivity contribution is 8.00. The number of halogens is 1. The molecule has 0 bridgehead atoms. The van der Waals surface area contributed by atoms with E-state index in [4.69, 9.17) is 18.6 Å². The van der Waals surface area contributed by atoms with Gasteiger partial charge >= 0.3 is 0 Å². The van der Waals surface area contributed by atoms with Crippen molar-refractivity contribution < 1.29 is 37.7 Å². The molecule has 10 nitrogen and oxygen atoms in total. The van der Waals surface area contributed by atoms with Crippen LogP contribution in [-0.4, -0.2) is 47.8 Å². The molecule has 0 fully saturated rings. The van der Waals surface area contributed by atoms with Crippen molar-refractivity contribution in [1.82, 2.24) is 10.2 Å². The standard InChI is InChI=1S/C35H32FN3O7S2/c1-4-5-8-16-45-24-15-14-20(17-26(24)44-3)29-28(30(40)27-18-21-11-9-13-25(43-2)32(21)46-27)31(41)33(42)39(29)34-37-38-35(48-34)47-19-22-10-6-7-12-23(22)36/h6-7,9-15,17-18,29,41H,4-5,8,16,19H2,1-3H3. The zero-order valence-electron chi connectivity index (χ0n) is 26.4. The van der Waals surface area contributed by atoms with Gasteiger partial charge in [0.1, 0.15) is 5.82 Å². The van der Waals surface area contributed by atoms with Crippen LogP contribution in [0.1, 0.15) is 53.9 Å². The lowest BCUT2D eigenvalue weighted by Gasteiger charge is -2.24. The van der Waals surface area contributed by atoms with Gasteiger partial charge in [0.15, 0.2) is 38.7 Å². The maximum Gasteiger partial charge on any atom is 0.296 e. The molecular formula is C35H32FN3O7S2. The monoisotopic (exact) mass is 689 g/mol. The average molecular weight is 690 g/mol. The molecule has 0 spiro atoms. The molecule has 48 heavy (non-hydrogen) atoms. The van der Waals surface area contributed by atoms with E-state index in [-0.39, 0.29) is 22.3 Å². The molecule has 6 rings (SSSR count). The third kappa shape index (κ3) is 6.47. The summed E-state index contributed by atoms with van der Waals surface area (Å²) in [6.45, 7) is 2.60. The second-order valence-electron chi connectivity index (χ2n) is 10.9. The fourth-order valence-corrected chi connectivity index (χ4v) is 7.27. The van der Waals surface area contributed by atoms with Gasteiger partial charge in [-0.1, -0.05) is 79.3 Å². The summed E-state index contributed by atoms with van der Waals surface area (Å²) in [7, 11) is 2.99. The number of anilines is 1. The van der Waals surface area contributed by atoms with Gasteiger partial charge in [-0.2, -0.15) is 0 Å². The smallest absolute Gasteiger partial charge is 0.296 e. The van der Waals surface area contributed by atoms with Gasteiger partial charge < -0.3 is 23.7 Å². The highest BCUT2D eigenvalue weighted by atomic mass is 32.2. The molecule has 2 aromatic heterocycles. The molecule has 1 aliphatic rings. The number of aliphatic hydroxyl groups is 1. The number of rotatable bonds is 14. The zero-order valence-corrected chi connectivity index (χ0v) is 28.0. The van der Waals surface area contributed by atoms with Crippen LogP contribution in [0.15, 0.2) is 86.8 Å². The first-order valence-corrected chi connectivity index (χ1v) is 17.0. The number of nitrogens with zero attached hydrogens (tertiary/aromatic N) is 3. The summed E-state index contributed by atoms with van der Waals surface area (Å²) >= 11 is 2.34. The van der Waals surface area contributed by atoms with Gasteiger partial charge in [-0.3, -0.25) is 14.5 Å². The summed E-state index contributed by atoms with van der Waals surface area (Å²) in [6, 6.07) is 17.2. The van der Waals surface area contributed by atoms with E-state index in [1.54, 1.807) is 60.7 Å². The van der Waals surface area contributed by atoms with Crippen LogP contribution in [0.25, 0.3) is 11.0 Å². The molecule has 248 valence electrons. The first-order valence-electron chi connectivity index (χ1n) is 15.2. The van der Waals surface area contributed by atoms with Crippen molar-refractivity contribution in [2.45, 2.75) is 42.3 Å². The third-order valence-corrected chi connectivity index (χ3v) is 9.93.